The minimum Gasteiger partial charge on any atom is -0.350 e. The number of non-ortho nitro benzene ring substituents is 1. The average molecular weight is 403 g/mol. The molecule has 1 aliphatic heterocycles. The van der Waals surface area contributed by atoms with E-state index in [0.717, 1.165) is 12.0 Å². The van der Waals surface area contributed by atoms with Crippen LogP contribution in [0.5, 0.6) is 0 Å². The maximum atomic E-state index is 12.9. The summed E-state index contributed by atoms with van der Waals surface area (Å²) in [6, 6.07) is 11.7. The van der Waals surface area contributed by atoms with Crippen molar-refractivity contribution in [3.63, 3.8) is 0 Å². The van der Waals surface area contributed by atoms with Crippen LogP contribution < -0.4 is 5.32 Å². The standard InChI is InChI=1S/C19H21N3O5S/c1-14-4-10-18(11-5-14)28(26,27)21-12-2-3-17(21)13-20-19(23)15-6-8-16(9-7-15)22(24)25/h4-11,17H,2-3,12-13H2,1H3,(H,20,23). The highest BCUT2D eigenvalue weighted by molar-refractivity contribution is 7.89. The first-order valence-electron chi connectivity index (χ1n) is 8.90. The molecule has 1 aliphatic rings. The summed E-state index contributed by atoms with van der Waals surface area (Å²) in [7, 11) is -3.63. The quantitative estimate of drug-likeness (QED) is 0.589. The van der Waals surface area contributed by atoms with Crippen LogP contribution in [0, 0.1) is 17.0 Å². The lowest BCUT2D eigenvalue weighted by Gasteiger charge is -2.24. The molecule has 0 aromatic heterocycles. The molecule has 1 atom stereocenters. The van der Waals surface area contributed by atoms with Gasteiger partial charge in [-0.3, -0.25) is 14.9 Å². The maximum Gasteiger partial charge on any atom is 0.269 e. The van der Waals surface area contributed by atoms with Crippen LogP contribution in [0.1, 0.15) is 28.8 Å². The van der Waals surface area contributed by atoms with Gasteiger partial charge in [0, 0.05) is 36.8 Å². The first kappa shape index (κ1) is 20.0. The van der Waals surface area contributed by atoms with Crippen molar-refractivity contribution in [3.8, 4) is 0 Å². The first-order chi connectivity index (χ1) is 13.3. The van der Waals surface area contributed by atoms with Gasteiger partial charge in [0.15, 0.2) is 0 Å². The molecule has 0 radical (unpaired) electrons. The number of carbonyl (C=O) groups is 1. The lowest BCUT2D eigenvalue weighted by Crippen LogP contribution is -2.43. The zero-order chi connectivity index (χ0) is 20.3. The minimum absolute atomic E-state index is 0.0947. The molecule has 3 rings (SSSR count). The first-order valence-corrected chi connectivity index (χ1v) is 10.3. The highest BCUT2D eigenvalue weighted by Gasteiger charge is 2.35. The third kappa shape index (κ3) is 4.20. The van der Waals surface area contributed by atoms with E-state index in [9.17, 15) is 23.3 Å². The molecule has 1 saturated heterocycles. The minimum atomic E-state index is -3.63. The predicted octanol–water partition coefficient (Wildman–Crippen LogP) is 2.49. The van der Waals surface area contributed by atoms with Gasteiger partial charge in [0.05, 0.1) is 9.82 Å². The summed E-state index contributed by atoms with van der Waals surface area (Å²) in [4.78, 5) is 22.7. The molecule has 1 fully saturated rings. The van der Waals surface area contributed by atoms with Gasteiger partial charge in [0.2, 0.25) is 10.0 Å². The van der Waals surface area contributed by atoms with E-state index in [1.54, 1.807) is 24.3 Å². The molecule has 0 bridgehead atoms. The van der Waals surface area contributed by atoms with Crippen molar-refractivity contribution in [3.05, 3.63) is 69.8 Å². The van der Waals surface area contributed by atoms with Crippen molar-refractivity contribution >= 4 is 21.6 Å². The van der Waals surface area contributed by atoms with Crippen LogP contribution in [0.4, 0.5) is 5.69 Å². The Balaban J connectivity index is 1.67. The molecule has 9 heteroatoms. The van der Waals surface area contributed by atoms with E-state index in [0.29, 0.717) is 13.0 Å². The third-order valence-electron chi connectivity index (χ3n) is 4.79. The number of nitro groups is 1. The number of carbonyl (C=O) groups excluding carboxylic acids is 1. The van der Waals surface area contributed by atoms with Crippen molar-refractivity contribution in [2.75, 3.05) is 13.1 Å². The molecular weight excluding hydrogens is 382 g/mol. The van der Waals surface area contributed by atoms with Crippen LogP contribution in [0.25, 0.3) is 0 Å². The smallest absolute Gasteiger partial charge is 0.269 e. The molecule has 1 N–H and O–H groups in total. The van der Waals surface area contributed by atoms with Gasteiger partial charge in [-0.1, -0.05) is 17.7 Å². The normalized spacial score (nSPS) is 17.4. The van der Waals surface area contributed by atoms with Crippen molar-refractivity contribution in [1.29, 1.82) is 0 Å². The number of rotatable bonds is 6. The Morgan fingerprint density at radius 1 is 1.18 bits per heavy atom. The number of nitrogens with one attached hydrogen (secondary N) is 1. The van der Waals surface area contributed by atoms with Crippen molar-refractivity contribution in [1.82, 2.24) is 9.62 Å². The van der Waals surface area contributed by atoms with Gasteiger partial charge in [0.1, 0.15) is 0 Å². The second-order valence-electron chi connectivity index (χ2n) is 6.74. The van der Waals surface area contributed by atoms with Crippen molar-refractivity contribution in [2.24, 2.45) is 0 Å². The van der Waals surface area contributed by atoms with Gasteiger partial charge in [-0.25, -0.2) is 8.42 Å². The van der Waals surface area contributed by atoms with Gasteiger partial charge < -0.3 is 5.32 Å². The zero-order valence-electron chi connectivity index (χ0n) is 15.4. The van der Waals surface area contributed by atoms with Gasteiger partial charge in [-0.15, -0.1) is 0 Å². The van der Waals surface area contributed by atoms with Crippen LogP contribution in [-0.4, -0.2) is 42.7 Å². The molecule has 1 unspecified atom stereocenters. The number of sulfonamides is 1. The van der Waals surface area contributed by atoms with E-state index in [-0.39, 0.29) is 28.7 Å². The Hall–Kier alpha value is -2.78. The topological polar surface area (TPSA) is 110 Å². The molecular formula is C19H21N3O5S. The van der Waals surface area contributed by atoms with Crippen molar-refractivity contribution < 1.29 is 18.1 Å². The predicted molar refractivity (Wildman–Crippen MR) is 104 cm³/mol. The summed E-state index contributed by atoms with van der Waals surface area (Å²) in [6.07, 6.45) is 1.38. The number of aryl methyl sites for hydroxylation is 1. The maximum absolute atomic E-state index is 12.9. The van der Waals surface area contributed by atoms with E-state index in [4.69, 9.17) is 0 Å². The second-order valence-corrected chi connectivity index (χ2v) is 8.63. The zero-order valence-corrected chi connectivity index (χ0v) is 16.2. The molecule has 0 aliphatic carbocycles. The number of benzene rings is 2. The molecule has 8 nitrogen and oxygen atoms in total. The van der Waals surface area contributed by atoms with E-state index in [1.165, 1.54) is 28.6 Å². The van der Waals surface area contributed by atoms with Crippen LogP contribution in [0.15, 0.2) is 53.4 Å². The SMILES string of the molecule is Cc1ccc(S(=O)(=O)N2CCCC2CNC(=O)c2ccc([N+](=O)[O-])cc2)cc1. The number of hydrogen-bond donors (Lipinski definition) is 1. The van der Waals surface area contributed by atoms with Gasteiger partial charge >= 0.3 is 0 Å². The van der Waals surface area contributed by atoms with E-state index < -0.39 is 20.9 Å². The van der Waals surface area contributed by atoms with Gasteiger partial charge in [0.25, 0.3) is 11.6 Å². The summed E-state index contributed by atoms with van der Waals surface area (Å²) < 4.78 is 27.3. The van der Waals surface area contributed by atoms with Gasteiger partial charge in [-0.2, -0.15) is 4.31 Å². The molecule has 1 heterocycles. The molecule has 148 valence electrons. The van der Waals surface area contributed by atoms with Crippen LogP contribution in [0.3, 0.4) is 0 Å². The molecule has 0 saturated carbocycles. The fraction of sp³-hybridized carbons (Fsp3) is 0.316. The molecule has 0 spiro atoms. The third-order valence-corrected chi connectivity index (χ3v) is 6.76. The molecule has 2 aromatic rings. The highest BCUT2D eigenvalue weighted by Crippen LogP contribution is 2.26. The van der Waals surface area contributed by atoms with Gasteiger partial charge in [-0.05, 0) is 44.0 Å². The Labute approximate surface area is 163 Å². The largest absolute Gasteiger partial charge is 0.350 e. The highest BCUT2D eigenvalue weighted by atomic mass is 32.2. The molecule has 28 heavy (non-hydrogen) atoms. The van der Waals surface area contributed by atoms with E-state index in [1.807, 2.05) is 6.92 Å². The van der Waals surface area contributed by atoms with Crippen molar-refractivity contribution in [2.45, 2.75) is 30.7 Å². The van der Waals surface area contributed by atoms with Crippen LogP contribution in [-0.2, 0) is 10.0 Å². The lowest BCUT2D eigenvalue weighted by molar-refractivity contribution is -0.384. The Morgan fingerprint density at radius 3 is 2.43 bits per heavy atom. The lowest BCUT2D eigenvalue weighted by atomic mass is 10.2. The molecule has 1 amide bonds. The summed E-state index contributed by atoms with van der Waals surface area (Å²) in [5.74, 6) is -0.394. The Bertz CT molecular complexity index is 972. The summed E-state index contributed by atoms with van der Waals surface area (Å²) >= 11 is 0. The fourth-order valence-corrected chi connectivity index (χ4v) is 4.92. The summed E-state index contributed by atoms with van der Waals surface area (Å²) in [6.45, 7) is 2.48. The average Bonchev–Trinajstić information content (AvgIpc) is 3.16. The number of amides is 1. The monoisotopic (exact) mass is 403 g/mol. The Kier molecular flexibility index (Phi) is 5.76. The number of nitro benzene ring substituents is 1. The van der Waals surface area contributed by atoms with E-state index >= 15 is 0 Å². The number of nitrogens with zero attached hydrogens (tertiary/aromatic N) is 2. The van der Waals surface area contributed by atoms with E-state index in [2.05, 4.69) is 5.32 Å². The van der Waals surface area contributed by atoms with Crippen LogP contribution in [0.2, 0.25) is 0 Å². The summed E-state index contributed by atoms with van der Waals surface area (Å²) in [5, 5.41) is 13.4. The van der Waals surface area contributed by atoms with Crippen LogP contribution >= 0.6 is 0 Å². The fourth-order valence-electron chi connectivity index (χ4n) is 3.22. The second kappa shape index (κ2) is 8.07. The summed E-state index contributed by atoms with van der Waals surface area (Å²) in [5.41, 5.74) is 1.17. The Morgan fingerprint density at radius 2 is 1.82 bits per heavy atom. The number of hydrogen-bond acceptors (Lipinski definition) is 5. The molecule has 2 aromatic carbocycles.